The van der Waals surface area contributed by atoms with Crippen LogP contribution in [0, 0.1) is 0 Å². The van der Waals surface area contributed by atoms with E-state index in [4.69, 9.17) is 15.3 Å². The Morgan fingerprint density at radius 1 is 1.15 bits per heavy atom. The number of amidine groups is 1. The summed E-state index contributed by atoms with van der Waals surface area (Å²) in [7, 11) is 0. The van der Waals surface area contributed by atoms with E-state index in [0.717, 1.165) is 29.7 Å². The van der Waals surface area contributed by atoms with Gasteiger partial charge in [-0.1, -0.05) is 35.6 Å². The van der Waals surface area contributed by atoms with Gasteiger partial charge in [-0.25, -0.2) is 0 Å². The molecule has 0 spiro atoms. The molecule has 0 radical (unpaired) electrons. The summed E-state index contributed by atoms with van der Waals surface area (Å²) >= 11 is 0. The third kappa shape index (κ3) is 3.71. The topological polar surface area (TPSA) is 84.9 Å². The van der Waals surface area contributed by atoms with E-state index < -0.39 is 0 Å². The number of benzene rings is 2. The Kier molecular flexibility index (Phi) is 4.66. The summed E-state index contributed by atoms with van der Waals surface area (Å²) in [5.74, 6) is 6.69. The number of fused-ring (bicyclic) bond motifs is 3. The van der Waals surface area contributed by atoms with Crippen LogP contribution in [0.15, 0.2) is 63.9 Å². The predicted molar refractivity (Wildman–Crippen MR) is 104 cm³/mol. The zero-order valence-corrected chi connectivity index (χ0v) is 15.6. The second kappa shape index (κ2) is 7.12. The quantitative estimate of drug-likeness (QED) is 0.165. The van der Waals surface area contributed by atoms with Gasteiger partial charge in [0.2, 0.25) is 0 Å². The van der Waals surface area contributed by atoms with Gasteiger partial charge in [0, 0.05) is 17.7 Å². The second-order valence-corrected chi connectivity index (χ2v) is 7.45. The van der Waals surface area contributed by atoms with Crippen molar-refractivity contribution in [1.29, 1.82) is 0 Å². The Bertz CT molecular complexity index is 877. The number of hydrogen-bond acceptors (Lipinski definition) is 4. The van der Waals surface area contributed by atoms with Gasteiger partial charge < -0.3 is 15.3 Å². The second-order valence-electron chi connectivity index (χ2n) is 7.45. The molecule has 2 unspecified atom stereocenters. The van der Waals surface area contributed by atoms with Crippen molar-refractivity contribution in [3.63, 3.8) is 0 Å². The number of rotatable bonds is 5. The molecule has 0 saturated carbocycles. The normalized spacial score (nSPS) is 22.8. The molecule has 0 aliphatic carbocycles. The summed E-state index contributed by atoms with van der Waals surface area (Å²) in [6.07, 6.45) is 2.09. The number of nitrogens with two attached hydrogens (primary N) is 1. The first-order chi connectivity index (χ1) is 13.1. The molecule has 27 heavy (non-hydrogen) atoms. The third-order valence-electron chi connectivity index (χ3n) is 5.00. The Morgan fingerprint density at radius 2 is 1.96 bits per heavy atom. The number of aryl methyl sites for hydroxylation is 1. The molecule has 0 aromatic heterocycles. The molecule has 2 N–H and O–H groups in total. The predicted octanol–water partition coefficient (Wildman–Crippen LogP) is 4.00. The number of epoxide rings is 1. The lowest BCUT2D eigenvalue weighted by molar-refractivity contribution is 0.0725. The summed E-state index contributed by atoms with van der Waals surface area (Å²) in [6.45, 7) is 4.76. The van der Waals surface area contributed by atoms with Crippen LogP contribution in [0.25, 0.3) is 0 Å². The first-order valence-electron chi connectivity index (χ1n) is 9.26. The van der Waals surface area contributed by atoms with E-state index in [0.29, 0.717) is 12.4 Å². The molecule has 2 aromatic carbocycles. The SMILES string of the molecule is CC1(C)Oc2ccc(C(N=NN)=NCCCc3ccccc3)cc2C2OC21. The number of nitrogens with zero attached hydrogens (tertiary/aromatic N) is 3. The molecular weight excluding hydrogens is 340 g/mol. The van der Waals surface area contributed by atoms with Crippen LogP contribution in [0.3, 0.4) is 0 Å². The smallest absolute Gasteiger partial charge is 0.178 e. The maximum atomic E-state index is 6.07. The number of aliphatic imine (C=N–C) groups is 1. The van der Waals surface area contributed by atoms with Crippen molar-refractivity contribution in [3.8, 4) is 5.75 Å². The van der Waals surface area contributed by atoms with Gasteiger partial charge in [-0.05, 0) is 50.5 Å². The van der Waals surface area contributed by atoms with E-state index >= 15 is 0 Å². The van der Waals surface area contributed by atoms with E-state index in [-0.39, 0.29) is 17.8 Å². The van der Waals surface area contributed by atoms with Crippen LogP contribution in [0.4, 0.5) is 0 Å². The first-order valence-corrected chi connectivity index (χ1v) is 9.26. The van der Waals surface area contributed by atoms with Gasteiger partial charge in [0.15, 0.2) is 5.84 Å². The summed E-state index contributed by atoms with van der Waals surface area (Å²) in [5, 5.41) is 7.47. The molecule has 0 bridgehead atoms. The highest BCUT2D eigenvalue weighted by atomic mass is 16.6. The van der Waals surface area contributed by atoms with Crippen LogP contribution >= 0.6 is 0 Å². The van der Waals surface area contributed by atoms with Gasteiger partial charge >= 0.3 is 0 Å². The van der Waals surface area contributed by atoms with E-state index in [2.05, 4.69) is 53.4 Å². The molecule has 1 fully saturated rings. The van der Waals surface area contributed by atoms with Crippen molar-refractivity contribution in [1.82, 2.24) is 0 Å². The minimum atomic E-state index is -0.301. The summed E-state index contributed by atoms with van der Waals surface area (Å²) < 4.78 is 11.9. The molecule has 1 saturated heterocycles. The molecule has 6 heteroatoms. The monoisotopic (exact) mass is 364 g/mol. The van der Waals surface area contributed by atoms with Gasteiger partial charge in [0.25, 0.3) is 0 Å². The fourth-order valence-corrected chi connectivity index (χ4v) is 3.57. The maximum Gasteiger partial charge on any atom is 0.178 e. The van der Waals surface area contributed by atoms with Gasteiger partial charge in [-0.2, -0.15) is 0 Å². The summed E-state index contributed by atoms with van der Waals surface area (Å²) in [6, 6.07) is 16.3. The van der Waals surface area contributed by atoms with Gasteiger partial charge in [0.1, 0.15) is 23.6 Å². The van der Waals surface area contributed by atoms with Crippen LogP contribution in [-0.4, -0.2) is 24.1 Å². The Balaban J connectivity index is 1.49. The van der Waals surface area contributed by atoms with Crippen LogP contribution < -0.4 is 10.6 Å². The van der Waals surface area contributed by atoms with Crippen LogP contribution in [0.2, 0.25) is 0 Å². The van der Waals surface area contributed by atoms with Gasteiger partial charge in [-0.15, -0.1) is 5.11 Å². The molecular formula is C21H24N4O2. The summed E-state index contributed by atoms with van der Waals surface area (Å²) in [5.41, 5.74) is 2.92. The molecule has 2 aliphatic heterocycles. The van der Waals surface area contributed by atoms with Crippen LogP contribution in [0.5, 0.6) is 5.75 Å². The Morgan fingerprint density at radius 3 is 2.74 bits per heavy atom. The molecule has 140 valence electrons. The van der Waals surface area contributed by atoms with E-state index in [1.807, 2.05) is 24.3 Å². The maximum absolute atomic E-state index is 6.07. The summed E-state index contributed by atoms with van der Waals surface area (Å²) in [4.78, 5) is 4.61. The van der Waals surface area contributed by atoms with Crippen molar-refractivity contribution in [2.24, 2.45) is 21.2 Å². The van der Waals surface area contributed by atoms with Crippen LogP contribution in [-0.2, 0) is 11.2 Å². The highest BCUT2D eigenvalue weighted by Crippen LogP contribution is 2.53. The van der Waals surface area contributed by atoms with Crippen molar-refractivity contribution < 1.29 is 9.47 Å². The van der Waals surface area contributed by atoms with Crippen molar-refractivity contribution >= 4 is 5.84 Å². The molecule has 2 aromatic rings. The zero-order valence-electron chi connectivity index (χ0n) is 15.6. The van der Waals surface area contributed by atoms with E-state index in [1.165, 1.54) is 5.56 Å². The molecule has 0 amide bonds. The Hall–Kier alpha value is -2.73. The Labute approximate surface area is 159 Å². The molecule has 2 aliphatic rings. The lowest BCUT2D eigenvalue weighted by Crippen LogP contribution is -2.37. The van der Waals surface area contributed by atoms with Crippen molar-refractivity contribution in [2.45, 2.75) is 44.5 Å². The molecule has 6 nitrogen and oxygen atoms in total. The number of ether oxygens (including phenoxy) is 2. The zero-order chi connectivity index (χ0) is 18.9. The van der Waals surface area contributed by atoms with Gasteiger partial charge in [-0.3, -0.25) is 4.99 Å². The average molecular weight is 364 g/mol. The average Bonchev–Trinajstić information content (AvgIpc) is 3.47. The van der Waals surface area contributed by atoms with E-state index in [9.17, 15) is 0 Å². The molecule has 4 rings (SSSR count). The molecule has 2 heterocycles. The van der Waals surface area contributed by atoms with Crippen molar-refractivity contribution in [2.75, 3.05) is 6.54 Å². The van der Waals surface area contributed by atoms with Gasteiger partial charge in [0.05, 0.1) is 0 Å². The minimum Gasteiger partial charge on any atom is -0.485 e. The van der Waals surface area contributed by atoms with Crippen LogP contribution in [0.1, 0.15) is 43.1 Å². The fraction of sp³-hybridized carbons (Fsp3) is 0.381. The van der Waals surface area contributed by atoms with E-state index in [1.54, 1.807) is 0 Å². The largest absolute Gasteiger partial charge is 0.485 e. The lowest BCUT2D eigenvalue weighted by atomic mass is 9.93. The fourth-order valence-electron chi connectivity index (χ4n) is 3.57. The highest BCUT2D eigenvalue weighted by Gasteiger charge is 2.56. The number of hydrogen-bond donors (Lipinski definition) is 1. The standard InChI is InChI=1S/C21H24N4O2/c1-21(2)19-18(26-19)16-13-15(10-11-17(16)27-21)20(24-25-22)23-12-6-9-14-7-4-3-5-8-14/h3-5,7-8,10-11,13,18-19H,6,9,12H2,1-2H3,(H2,22,23,24). The minimum absolute atomic E-state index is 0.0813. The van der Waals surface area contributed by atoms with Crippen molar-refractivity contribution in [3.05, 3.63) is 65.2 Å². The lowest BCUT2D eigenvalue weighted by Gasteiger charge is -2.29. The highest BCUT2D eigenvalue weighted by molar-refractivity contribution is 5.99. The first kappa shape index (κ1) is 17.7. The third-order valence-corrected chi connectivity index (χ3v) is 5.00. The molecule has 2 atom stereocenters.